The predicted molar refractivity (Wildman–Crippen MR) is 63.0 cm³/mol. The van der Waals surface area contributed by atoms with Gasteiger partial charge in [0, 0.05) is 13.1 Å². The molecule has 0 radical (unpaired) electrons. The first kappa shape index (κ1) is 12.0. The minimum Gasteiger partial charge on any atom is -0.341 e. The summed E-state index contributed by atoms with van der Waals surface area (Å²) in [5, 5.41) is 3.94. The molecule has 0 saturated carbocycles. The molecule has 1 unspecified atom stereocenters. The average molecular weight is 237 g/mol. The lowest BCUT2D eigenvalue weighted by molar-refractivity contribution is -0.133. The SMILES string of the molecule is NCCC1CCCN(C(=O)Cn2cncn2)C1. The van der Waals surface area contributed by atoms with Gasteiger partial charge in [0.25, 0.3) is 0 Å². The van der Waals surface area contributed by atoms with E-state index in [9.17, 15) is 4.79 Å². The zero-order valence-corrected chi connectivity index (χ0v) is 9.96. The Hall–Kier alpha value is -1.43. The van der Waals surface area contributed by atoms with Crippen molar-refractivity contribution >= 4 is 5.91 Å². The second-order valence-corrected chi connectivity index (χ2v) is 4.52. The second kappa shape index (κ2) is 5.77. The smallest absolute Gasteiger partial charge is 0.244 e. The van der Waals surface area contributed by atoms with Gasteiger partial charge < -0.3 is 10.6 Å². The van der Waals surface area contributed by atoms with E-state index in [1.165, 1.54) is 12.7 Å². The van der Waals surface area contributed by atoms with Crippen LogP contribution in [0, 0.1) is 5.92 Å². The summed E-state index contributed by atoms with van der Waals surface area (Å²) in [6, 6.07) is 0. The van der Waals surface area contributed by atoms with Gasteiger partial charge in [-0.05, 0) is 31.7 Å². The van der Waals surface area contributed by atoms with Crippen LogP contribution in [-0.4, -0.2) is 45.2 Å². The quantitative estimate of drug-likeness (QED) is 0.791. The molecule has 94 valence electrons. The highest BCUT2D eigenvalue weighted by Gasteiger charge is 2.23. The normalized spacial score (nSPS) is 20.5. The lowest BCUT2D eigenvalue weighted by Gasteiger charge is -2.32. The molecular formula is C11H19N5O. The Balaban J connectivity index is 1.86. The van der Waals surface area contributed by atoms with E-state index in [2.05, 4.69) is 10.1 Å². The molecule has 1 aliphatic rings. The van der Waals surface area contributed by atoms with Crippen LogP contribution in [-0.2, 0) is 11.3 Å². The van der Waals surface area contributed by atoms with Crippen LogP contribution in [0.5, 0.6) is 0 Å². The molecule has 1 aliphatic heterocycles. The van der Waals surface area contributed by atoms with Crippen LogP contribution < -0.4 is 5.73 Å². The Morgan fingerprint density at radius 1 is 1.53 bits per heavy atom. The Bertz CT molecular complexity index is 349. The van der Waals surface area contributed by atoms with Gasteiger partial charge in [-0.25, -0.2) is 9.67 Å². The molecule has 0 spiro atoms. The summed E-state index contributed by atoms with van der Waals surface area (Å²) in [5.74, 6) is 0.686. The average Bonchev–Trinajstić information content (AvgIpc) is 2.83. The number of amides is 1. The summed E-state index contributed by atoms with van der Waals surface area (Å²) < 4.78 is 1.56. The van der Waals surface area contributed by atoms with Crippen LogP contribution in [0.25, 0.3) is 0 Å². The third-order valence-electron chi connectivity index (χ3n) is 3.21. The molecule has 1 saturated heterocycles. The van der Waals surface area contributed by atoms with Gasteiger partial charge in [-0.1, -0.05) is 0 Å². The highest BCUT2D eigenvalue weighted by molar-refractivity contribution is 5.75. The van der Waals surface area contributed by atoms with Crippen molar-refractivity contribution in [3.05, 3.63) is 12.7 Å². The summed E-state index contributed by atoms with van der Waals surface area (Å²) in [5.41, 5.74) is 5.56. The highest BCUT2D eigenvalue weighted by atomic mass is 16.2. The van der Waals surface area contributed by atoms with Gasteiger partial charge in [0.2, 0.25) is 5.91 Å². The molecule has 1 amide bonds. The molecule has 6 heteroatoms. The fourth-order valence-electron chi connectivity index (χ4n) is 2.32. The van der Waals surface area contributed by atoms with Crippen molar-refractivity contribution in [1.29, 1.82) is 0 Å². The molecule has 1 atom stereocenters. The number of piperidine rings is 1. The number of rotatable bonds is 4. The molecule has 6 nitrogen and oxygen atoms in total. The topological polar surface area (TPSA) is 77.0 Å². The molecule has 0 aromatic carbocycles. The Labute approximate surface area is 101 Å². The summed E-state index contributed by atoms with van der Waals surface area (Å²) in [4.78, 5) is 17.8. The van der Waals surface area contributed by atoms with E-state index >= 15 is 0 Å². The maximum Gasteiger partial charge on any atom is 0.244 e. The van der Waals surface area contributed by atoms with Crippen LogP contribution in [0.2, 0.25) is 0 Å². The van der Waals surface area contributed by atoms with Crippen LogP contribution >= 0.6 is 0 Å². The molecule has 2 heterocycles. The van der Waals surface area contributed by atoms with Crippen LogP contribution in [0.1, 0.15) is 19.3 Å². The van der Waals surface area contributed by atoms with Gasteiger partial charge in [-0.3, -0.25) is 4.79 Å². The number of nitrogens with zero attached hydrogens (tertiary/aromatic N) is 4. The summed E-state index contributed by atoms with van der Waals surface area (Å²) in [6.07, 6.45) is 6.28. The maximum atomic E-state index is 12.0. The van der Waals surface area contributed by atoms with Crippen LogP contribution in [0.3, 0.4) is 0 Å². The minimum absolute atomic E-state index is 0.122. The van der Waals surface area contributed by atoms with Crippen molar-refractivity contribution in [1.82, 2.24) is 19.7 Å². The summed E-state index contributed by atoms with van der Waals surface area (Å²) in [7, 11) is 0. The standard InChI is InChI=1S/C11H19N5O/c12-4-3-10-2-1-5-15(6-10)11(17)7-16-9-13-8-14-16/h8-10H,1-7,12H2. The van der Waals surface area contributed by atoms with Gasteiger partial charge >= 0.3 is 0 Å². The zero-order chi connectivity index (χ0) is 12.1. The Morgan fingerprint density at radius 3 is 3.12 bits per heavy atom. The van der Waals surface area contributed by atoms with Crippen molar-refractivity contribution in [3.8, 4) is 0 Å². The molecular weight excluding hydrogens is 218 g/mol. The van der Waals surface area contributed by atoms with Gasteiger partial charge in [-0.2, -0.15) is 5.10 Å². The minimum atomic E-state index is 0.122. The van der Waals surface area contributed by atoms with E-state index in [1.807, 2.05) is 4.90 Å². The van der Waals surface area contributed by atoms with Crippen molar-refractivity contribution in [2.75, 3.05) is 19.6 Å². The molecule has 17 heavy (non-hydrogen) atoms. The Kier molecular flexibility index (Phi) is 4.08. The van der Waals surface area contributed by atoms with E-state index in [-0.39, 0.29) is 12.5 Å². The van der Waals surface area contributed by atoms with E-state index in [1.54, 1.807) is 11.0 Å². The highest BCUT2D eigenvalue weighted by Crippen LogP contribution is 2.19. The molecule has 1 fully saturated rings. The van der Waals surface area contributed by atoms with Crippen LogP contribution in [0.15, 0.2) is 12.7 Å². The number of likely N-dealkylation sites (tertiary alicyclic amines) is 1. The number of nitrogens with two attached hydrogens (primary N) is 1. The summed E-state index contributed by atoms with van der Waals surface area (Å²) >= 11 is 0. The van der Waals surface area contributed by atoms with E-state index < -0.39 is 0 Å². The summed E-state index contributed by atoms with van der Waals surface area (Å²) in [6.45, 7) is 2.68. The first-order chi connectivity index (χ1) is 8.29. The molecule has 0 bridgehead atoms. The number of carbonyl (C=O) groups excluding carboxylic acids is 1. The van der Waals surface area contributed by atoms with Gasteiger partial charge in [0.15, 0.2) is 0 Å². The first-order valence-corrected chi connectivity index (χ1v) is 6.10. The largest absolute Gasteiger partial charge is 0.341 e. The van der Waals surface area contributed by atoms with E-state index in [0.717, 1.165) is 25.9 Å². The van der Waals surface area contributed by atoms with Crippen molar-refractivity contribution in [3.63, 3.8) is 0 Å². The second-order valence-electron chi connectivity index (χ2n) is 4.52. The third kappa shape index (κ3) is 3.26. The van der Waals surface area contributed by atoms with Gasteiger partial charge in [-0.15, -0.1) is 0 Å². The molecule has 2 rings (SSSR count). The van der Waals surface area contributed by atoms with Crippen LogP contribution in [0.4, 0.5) is 0 Å². The predicted octanol–water partition coefficient (Wildman–Crippen LogP) is -0.135. The van der Waals surface area contributed by atoms with E-state index in [4.69, 9.17) is 5.73 Å². The number of hydrogen-bond acceptors (Lipinski definition) is 4. The monoisotopic (exact) mass is 237 g/mol. The lowest BCUT2D eigenvalue weighted by atomic mass is 9.95. The fourth-order valence-corrected chi connectivity index (χ4v) is 2.32. The van der Waals surface area contributed by atoms with Gasteiger partial charge in [0.05, 0.1) is 0 Å². The molecule has 2 N–H and O–H groups in total. The van der Waals surface area contributed by atoms with Gasteiger partial charge in [0.1, 0.15) is 19.2 Å². The third-order valence-corrected chi connectivity index (χ3v) is 3.21. The Morgan fingerprint density at radius 2 is 2.41 bits per heavy atom. The number of aromatic nitrogens is 3. The first-order valence-electron chi connectivity index (χ1n) is 6.10. The zero-order valence-electron chi connectivity index (χ0n) is 9.96. The van der Waals surface area contributed by atoms with E-state index in [0.29, 0.717) is 12.5 Å². The maximum absolute atomic E-state index is 12.0. The molecule has 1 aromatic heterocycles. The van der Waals surface area contributed by atoms with Crippen molar-refractivity contribution < 1.29 is 4.79 Å². The van der Waals surface area contributed by atoms with Crippen molar-refractivity contribution in [2.24, 2.45) is 11.7 Å². The number of hydrogen-bond donors (Lipinski definition) is 1. The number of carbonyl (C=O) groups is 1. The lowest BCUT2D eigenvalue weighted by Crippen LogP contribution is -2.42. The van der Waals surface area contributed by atoms with Crippen molar-refractivity contribution in [2.45, 2.75) is 25.8 Å². The molecule has 0 aliphatic carbocycles. The molecule has 1 aromatic rings. The fraction of sp³-hybridized carbons (Fsp3) is 0.727.